The van der Waals surface area contributed by atoms with Crippen molar-refractivity contribution in [2.24, 2.45) is 0 Å². The molecular formula is C11H11ClN4S. The summed E-state index contributed by atoms with van der Waals surface area (Å²) < 4.78 is 0. The Hall–Kier alpha value is -1.20. The van der Waals surface area contributed by atoms with Crippen LogP contribution in [-0.4, -0.2) is 19.9 Å². The maximum Gasteiger partial charge on any atom is 0.133 e. The Morgan fingerprint density at radius 1 is 1.24 bits per heavy atom. The molecule has 2 rings (SSSR count). The topological polar surface area (TPSA) is 51.6 Å². The van der Waals surface area contributed by atoms with Gasteiger partial charge in [-0.1, -0.05) is 25.4 Å². The van der Waals surface area contributed by atoms with Gasteiger partial charge in [-0.2, -0.15) is 0 Å². The van der Waals surface area contributed by atoms with Gasteiger partial charge in [0.05, 0.1) is 0 Å². The van der Waals surface area contributed by atoms with Gasteiger partial charge in [0.15, 0.2) is 0 Å². The smallest absolute Gasteiger partial charge is 0.133 e. The number of hydrogen-bond donors (Lipinski definition) is 0. The lowest BCUT2D eigenvalue weighted by Crippen LogP contribution is -1.98. The van der Waals surface area contributed by atoms with E-state index in [1.807, 2.05) is 19.9 Å². The zero-order chi connectivity index (χ0) is 12.3. The van der Waals surface area contributed by atoms with Crippen molar-refractivity contribution in [3.05, 3.63) is 35.6 Å². The molecule has 0 aliphatic rings. The molecule has 0 spiro atoms. The quantitative estimate of drug-likeness (QED) is 0.799. The van der Waals surface area contributed by atoms with Crippen molar-refractivity contribution in [3.63, 3.8) is 0 Å². The van der Waals surface area contributed by atoms with Crippen LogP contribution in [0.4, 0.5) is 0 Å². The fraction of sp³-hybridized carbons (Fsp3) is 0.273. The molecule has 2 aromatic heterocycles. The number of halogens is 1. The van der Waals surface area contributed by atoms with Crippen LogP contribution in [0.25, 0.3) is 0 Å². The molecule has 0 saturated heterocycles. The second kappa shape index (κ2) is 5.42. The summed E-state index contributed by atoms with van der Waals surface area (Å²) in [5.74, 6) is 0.993. The van der Waals surface area contributed by atoms with Gasteiger partial charge >= 0.3 is 0 Å². The van der Waals surface area contributed by atoms with Gasteiger partial charge in [-0.3, -0.25) is 0 Å². The summed E-state index contributed by atoms with van der Waals surface area (Å²) in [6, 6.07) is 3.57. The van der Waals surface area contributed by atoms with Crippen molar-refractivity contribution in [1.82, 2.24) is 19.9 Å². The molecule has 0 amide bonds. The van der Waals surface area contributed by atoms with E-state index in [2.05, 4.69) is 19.9 Å². The molecule has 0 fully saturated rings. The molecule has 0 aromatic carbocycles. The lowest BCUT2D eigenvalue weighted by atomic mass is 10.2. The first kappa shape index (κ1) is 12.3. The third-order valence-electron chi connectivity index (χ3n) is 1.97. The van der Waals surface area contributed by atoms with E-state index >= 15 is 0 Å². The van der Waals surface area contributed by atoms with E-state index in [1.54, 1.807) is 12.3 Å². The van der Waals surface area contributed by atoms with Gasteiger partial charge in [-0.15, -0.1) is 0 Å². The van der Waals surface area contributed by atoms with Crippen LogP contribution in [0.15, 0.2) is 34.7 Å². The van der Waals surface area contributed by atoms with Crippen molar-refractivity contribution in [3.8, 4) is 0 Å². The average molecular weight is 267 g/mol. The zero-order valence-electron chi connectivity index (χ0n) is 9.46. The van der Waals surface area contributed by atoms with Crippen molar-refractivity contribution < 1.29 is 0 Å². The maximum absolute atomic E-state index is 5.96. The molecule has 6 heteroatoms. The fourth-order valence-electron chi connectivity index (χ4n) is 1.17. The Bertz CT molecular complexity index is 504. The summed E-state index contributed by atoms with van der Waals surface area (Å²) in [6.45, 7) is 4.07. The lowest BCUT2D eigenvalue weighted by molar-refractivity contribution is 0.753. The fourth-order valence-corrected chi connectivity index (χ4v) is 2.18. The highest BCUT2D eigenvalue weighted by molar-refractivity contribution is 7.99. The molecule has 0 aliphatic heterocycles. The minimum Gasteiger partial charge on any atom is -0.245 e. The van der Waals surface area contributed by atoms with Gasteiger partial charge in [0.2, 0.25) is 0 Å². The van der Waals surface area contributed by atoms with E-state index < -0.39 is 0 Å². The highest BCUT2D eigenvalue weighted by Crippen LogP contribution is 2.26. The monoisotopic (exact) mass is 266 g/mol. The van der Waals surface area contributed by atoms with Gasteiger partial charge in [0.25, 0.3) is 0 Å². The summed E-state index contributed by atoms with van der Waals surface area (Å²) in [5, 5.41) is 2.09. The Kier molecular flexibility index (Phi) is 3.91. The van der Waals surface area contributed by atoms with Crippen LogP contribution in [-0.2, 0) is 0 Å². The predicted octanol–water partition coefficient (Wildman–Crippen LogP) is 3.19. The van der Waals surface area contributed by atoms with Crippen molar-refractivity contribution >= 4 is 23.4 Å². The summed E-state index contributed by atoms with van der Waals surface area (Å²) >= 11 is 7.41. The summed E-state index contributed by atoms with van der Waals surface area (Å²) in [5.41, 5.74) is 0. The highest BCUT2D eigenvalue weighted by atomic mass is 35.5. The Morgan fingerprint density at radius 2 is 2.06 bits per heavy atom. The molecule has 0 unspecified atom stereocenters. The van der Waals surface area contributed by atoms with Gasteiger partial charge in [0.1, 0.15) is 27.4 Å². The summed E-state index contributed by atoms with van der Waals surface area (Å²) in [7, 11) is 0. The molecule has 17 heavy (non-hydrogen) atoms. The van der Waals surface area contributed by atoms with Crippen LogP contribution in [0.5, 0.6) is 0 Å². The van der Waals surface area contributed by atoms with Crippen molar-refractivity contribution in [1.29, 1.82) is 0 Å². The summed E-state index contributed by atoms with van der Waals surface area (Å²) in [4.78, 5) is 16.6. The van der Waals surface area contributed by atoms with Crippen LogP contribution >= 0.6 is 23.4 Å². The van der Waals surface area contributed by atoms with E-state index in [-0.39, 0.29) is 5.92 Å². The van der Waals surface area contributed by atoms with Gasteiger partial charge in [0, 0.05) is 18.2 Å². The molecule has 0 radical (unpaired) electrons. The standard InChI is InChI=1S/C11H11ClN4S/c1-7(2)11-15-8(12)5-10(16-11)17-9-3-4-13-6-14-9/h3-7H,1-2H3. The first-order valence-corrected chi connectivity index (χ1v) is 6.33. The second-order valence-electron chi connectivity index (χ2n) is 3.69. The van der Waals surface area contributed by atoms with E-state index in [1.165, 1.54) is 18.1 Å². The van der Waals surface area contributed by atoms with E-state index in [4.69, 9.17) is 11.6 Å². The molecule has 88 valence electrons. The summed E-state index contributed by atoms with van der Waals surface area (Å²) in [6.07, 6.45) is 3.20. The molecule has 0 saturated carbocycles. The Balaban J connectivity index is 2.27. The molecule has 0 atom stereocenters. The van der Waals surface area contributed by atoms with Crippen molar-refractivity contribution in [2.45, 2.75) is 29.8 Å². The first-order chi connectivity index (χ1) is 8.15. The third kappa shape index (κ3) is 3.38. The average Bonchev–Trinajstić information content (AvgIpc) is 2.29. The van der Waals surface area contributed by atoms with Crippen LogP contribution in [0.1, 0.15) is 25.6 Å². The lowest BCUT2D eigenvalue weighted by Gasteiger charge is -2.06. The molecule has 0 bridgehead atoms. The minimum absolute atomic E-state index is 0.249. The number of nitrogens with zero attached hydrogens (tertiary/aromatic N) is 4. The first-order valence-electron chi connectivity index (χ1n) is 5.13. The van der Waals surface area contributed by atoms with E-state index in [0.717, 1.165) is 15.9 Å². The van der Waals surface area contributed by atoms with Crippen LogP contribution < -0.4 is 0 Å². The number of aromatic nitrogens is 4. The van der Waals surface area contributed by atoms with E-state index in [0.29, 0.717) is 5.15 Å². The minimum atomic E-state index is 0.249. The largest absolute Gasteiger partial charge is 0.245 e. The Labute approximate surface area is 109 Å². The molecular weight excluding hydrogens is 256 g/mol. The zero-order valence-corrected chi connectivity index (χ0v) is 11.0. The highest BCUT2D eigenvalue weighted by Gasteiger charge is 2.08. The normalized spacial score (nSPS) is 10.8. The molecule has 0 aliphatic carbocycles. The van der Waals surface area contributed by atoms with Crippen LogP contribution in [0.2, 0.25) is 5.15 Å². The number of rotatable bonds is 3. The number of hydrogen-bond acceptors (Lipinski definition) is 5. The molecule has 2 heterocycles. The third-order valence-corrected chi connectivity index (χ3v) is 3.03. The molecule has 2 aromatic rings. The Morgan fingerprint density at radius 3 is 2.71 bits per heavy atom. The van der Waals surface area contributed by atoms with Gasteiger partial charge in [-0.05, 0) is 17.8 Å². The molecule has 0 N–H and O–H groups in total. The maximum atomic E-state index is 5.96. The predicted molar refractivity (Wildman–Crippen MR) is 67.3 cm³/mol. The van der Waals surface area contributed by atoms with Gasteiger partial charge in [-0.25, -0.2) is 19.9 Å². The SMILES string of the molecule is CC(C)c1nc(Cl)cc(Sc2ccncn2)n1. The van der Waals surface area contributed by atoms with Crippen molar-refractivity contribution in [2.75, 3.05) is 0 Å². The second-order valence-corrected chi connectivity index (χ2v) is 5.12. The van der Waals surface area contributed by atoms with Gasteiger partial charge < -0.3 is 0 Å². The van der Waals surface area contributed by atoms with E-state index in [9.17, 15) is 0 Å². The van der Waals surface area contributed by atoms with Crippen LogP contribution in [0.3, 0.4) is 0 Å². The molecule has 4 nitrogen and oxygen atoms in total. The van der Waals surface area contributed by atoms with Crippen LogP contribution in [0, 0.1) is 0 Å².